The van der Waals surface area contributed by atoms with Gasteiger partial charge >= 0.3 is 0 Å². The van der Waals surface area contributed by atoms with E-state index in [2.05, 4.69) is 10.3 Å². The maximum absolute atomic E-state index is 12.3. The van der Waals surface area contributed by atoms with Crippen LogP contribution in [0.1, 0.15) is 32.5 Å². The lowest BCUT2D eigenvalue weighted by atomic mass is 10.0. The lowest BCUT2D eigenvalue weighted by Crippen LogP contribution is -2.33. The molecular formula is C17H23N3O2. The summed E-state index contributed by atoms with van der Waals surface area (Å²) in [6, 6.07) is 7.32. The lowest BCUT2D eigenvalue weighted by Gasteiger charge is -2.13. The van der Waals surface area contributed by atoms with E-state index in [0.717, 1.165) is 12.8 Å². The predicted octanol–water partition coefficient (Wildman–Crippen LogP) is 2.03. The molecule has 5 heteroatoms. The van der Waals surface area contributed by atoms with Crippen molar-refractivity contribution in [1.29, 1.82) is 0 Å². The Balaban J connectivity index is 2.11. The molecule has 22 heavy (non-hydrogen) atoms. The van der Waals surface area contributed by atoms with Crippen LogP contribution in [0.25, 0.3) is 10.9 Å². The average molecular weight is 301 g/mol. The normalized spacial score (nSPS) is 11.1. The standard InChI is InChI=1S/C17H23N3O2/c1-4-12(5-2)16(21)18-11-10-15-19-14-9-7-6-8-13(14)17(22)20(15)3/h6-9,12H,4-5,10-11H2,1-3H3,(H,18,21). The summed E-state index contributed by atoms with van der Waals surface area (Å²) in [7, 11) is 1.72. The van der Waals surface area contributed by atoms with E-state index in [1.165, 1.54) is 0 Å². The molecule has 1 N–H and O–H groups in total. The SMILES string of the molecule is CCC(CC)C(=O)NCCc1nc2ccccc2c(=O)n1C. The Bertz CT molecular complexity index is 717. The Labute approximate surface area is 130 Å². The number of carbonyl (C=O) groups is 1. The Kier molecular flexibility index (Phi) is 5.31. The number of hydrogen-bond acceptors (Lipinski definition) is 3. The molecule has 118 valence electrons. The quantitative estimate of drug-likeness (QED) is 0.888. The number of nitrogens with zero attached hydrogens (tertiary/aromatic N) is 2. The molecule has 0 aliphatic carbocycles. The summed E-state index contributed by atoms with van der Waals surface area (Å²) < 4.78 is 1.56. The van der Waals surface area contributed by atoms with Crippen molar-refractivity contribution in [2.24, 2.45) is 13.0 Å². The minimum Gasteiger partial charge on any atom is -0.355 e. The molecule has 0 bridgehead atoms. The molecule has 0 aliphatic rings. The van der Waals surface area contributed by atoms with Gasteiger partial charge in [0.1, 0.15) is 5.82 Å². The highest BCUT2D eigenvalue weighted by molar-refractivity contribution is 5.78. The van der Waals surface area contributed by atoms with Crippen LogP contribution < -0.4 is 10.9 Å². The Morgan fingerprint density at radius 2 is 1.95 bits per heavy atom. The molecule has 0 spiro atoms. The number of para-hydroxylation sites is 1. The van der Waals surface area contributed by atoms with Crippen molar-refractivity contribution in [3.8, 4) is 0 Å². The fourth-order valence-electron chi connectivity index (χ4n) is 2.59. The third kappa shape index (κ3) is 3.35. The van der Waals surface area contributed by atoms with E-state index < -0.39 is 0 Å². The van der Waals surface area contributed by atoms with Crippen LogP contribution in [0.4, 0.5) is 0 Å². The second-order valence-corrected chi connectivity index (χ2v) is 5.46. The third-order valence-corrected chi connectivity index (χ3v) is 4.08. The van der Waals surface area contributed by atoms with Crippen LogP contribution in [0.15, 0.2) is 29.1 Å². The third-order valence-electron chi connectivity index (χ3n) is 4.08. The predicted molar refractivity (Wildman–Crippen MR) is 87.8 cm³/mol. The van der Waals surface area contributed by atoms with Crippen molar-refractivity contribution in [1.82, 2.24) is 14.9 Å². The average Bonchev–Trinajstić information content (AvgIpc) is 2.53. The minimum atomic E-state index is -0.0491. The Morgan fingerprint density at radius 3 is 2.64 bits per heavy atom. The molecule has 2 aromatic rings. The van der Waals surface area contributed by atoms with Crippen molar-refractivity contribution >= 4 is 16.8 Å². The molecule has 0 fully saturated rings. The van der Waals surface area contributed by atoms with Crippen LogP contribution in [0, 0.1) is 5.92 Å². The molecule has 1 amide bonds. The van der Waals surface area contributed by atoms with Gasteiger partial charge in [-0.05, 0) is 25.0 Å². The van der Waals surface area contributed by atoms with Crippen molar-refractivity contribution in [2.45, 2.75) is 33.1 Å². The number of nitrogens with one attached hydrogen (secondary N) is 1. The fraction of sp³-hybridized carbons (Fsp3) is 0.471. The molecule has 5 nitrogen and oxygen atoms in total. The van der Waals surface area contributed by atoms with E-state index in [1.54, 1.807) is 17.7 Å². The van der Waals surface area contributed by atoms with Crippen molar-refractivity contribution in [3.05, 3.63) is 40.4 Å². The summed E-state index contributed by atoms with van der Waals surface area (Å²) in [5, 5.41) is 3.55. The van der Waals surface area contributed by atoms with Crippen molar-refractivity contribution < 1.29 is 4.79 Å². The molecule has 0 unspecified atom stereocenters. The smallest absolute Gasteiger partial charge is 0.261 e. The highest BCUT2D eigenvalue weighted by Gasteiger charge is 2.14. The molecule has 1 aromatic heterocycles. The van der Waals surface area contributed by atoms with Gasteiger partial charge in [-0.25, -0.2) is 4.98 Å². The van der Waals surface area contributed by atoms with Crippen LogP contribution in [-0.2, 0) is 18.3 Å². The molecule has 0 saturated carbocycles. The molecule has 0 aliphatic heterocycles. The monoisotopic (exact) mass is 301 g/mol. The number of rotatable bonds is 6. The Hall–Kier alpha value is -2.17. The first-order chi connectivity index (χ1) is 10.6. The zero-order chi connectivity index (χ0) is 16.1. The van der Waals surface area contributed by atoms with Crippen LogP contribution >= 0.6 is 0 Å². The summed E-state index contributed by atoms with van der Waals surface area (Å²) in [5.41, 5.74) is 0.652. The van der Waals surface area contributed by atoms with Gasteiger partial charge in [-0.1, -0.05) is 26.0 Å². The minimum absolute atomic E-state index is 0.0491. The van der Waals surface area contributed by atoms with Crippen molar-refractivity contribution in [2.75, 3.05) is 6.54 Å². The highest BCUT2D eigenvalue weighted by atomic mass is 16.2. The zero-order valence-corrected chi connectivity index (χ0v) is 13.4. The summed E-state index contributed by atoms with van der Waals surface area (Å²) in [4.78, 5) is 28.8. The first kappa shape index (κ1) is 16.2. The first-order valence-electron chi connectivity index (χ1n) is 7.80. The van der Waals surface area contributed by atoms with Crippen LogP contribution in [-0.4, -0.2) is 22.0 Å². The summed E-state index contributed by atoms with van der Waals surface area (Å²) in [5.74, 6) is 0.831. The Morgan fingerprint density at radius 1 is 1.27 bits per heavy atom. The summed E-state index contributed by atoms with van der Waals surface area (Å²) in [6.45, 7) is 4.53. The van der Waals surface area contributed by atoms with E-state index in [0.29, 0.717) is 29.7 Å². The van der Waals surface area contributed by atoms with Crippen LogP contribution in [0.2, 0.25) is 0 Å². The molecule has 0 radical (unpaired) electrons. The molecule has 0 atom stereocenters. The van der Waals surface area contributed by atoms with Gasteiger partial charge in [0.25, 0.3) is 5.56 Å². The molecule has 0 saturated heterocycles. The van der Waals surface area contributed by atoms with Gasteiger partial charge in [0.05, 0.1) is 10.9 Å². The zero-order valence-electron chi connectivity index (χ0n) is 13.4. The number of benzene rings is 1. The van der Waals surface area contributed by atoms with Gasteiger partial charge in [-0.15, -0.1) is 0 Å². The fourth-order valence-corrected chi connectivity index (χ4v) is 2.59. The van der Waals surface area contributed by atoms with Gasteiger partial charge < -0.3 is 5.32 Å². The van der Waals surface area contributed by atoms with E-state index in [4.69, 9.17) is 0 Å². The topological polar surface area (TPSA) is 64.0 Å². The van der Waals surface area contributed by atoms with Gasteiger partial charge in [-0.2, -0.15) is 0 Å². The summed E-state index contributed by atoms with van der Waals surface area (Å²) >= 11 is 0. The molecule has 2 rings (SSSR count). The first-order valence-corrected chi connectivity index (χ1v) is 7.80. The van der Waals surface area contributed by atoms with E-state index in [9.17, 15) is 9.59 Å². The maximum Gasteiger partial charge on any atom is 0.261 e. The summed E-state index contributed by atoms with van der Waals surface area (Å²) in [6.07, 6.45) is 2.23. The lowest BCUT2D eigenvalue weighted by molar-refractivity contribution is -0.125. The van der Waals surface area contributed by atoms with E-state index in [1.807, 2.05) is 32.0 Å². The van der Waals surface area contributed by atoms with Crippen molar-refractivity contribution in [3.63, 3.8) is 0 Å². The van der Waals surface area contributed by atoms with Gasteiger partial charge in [-0.3, -0.25) is 14.2 Å². The number of aromatic nitrogens is 2. The van der Waals surface area contributed by atoms with Gasteiger partial charge in [0.2, 0.25) is 5.91 Å². The molecule has 1 aromatic carbocycles. The number of fused-ring (bicyclic) bond motifs is 1. The van der Waals surface area contributed by atoms with Crippen LogP contribution in [0.5, 0.6) is 0 Å². The molecule has 1 heterocycles. The van der Waals surface area contributed by atoms with Gasteiger partial charge in [0.15, 0.2) is 0 Å². The second-order valence-electron chi connectivity index (χ2n) is 5.46. The number of amides is 1. The molecular weight excluding hydrogens is 278 g/mol. The number of carbonyl (C=O) groups excluding carboxylic acids is 1. The van der Waals surface area contributed by atoms with E-state index >= 15 is 0 Å². The van der Waals surface area contributed by atoms with E-state index in [-0.39, 0.29) is 17.4 Å². The van der Waals surface area contributed by atoms with Gasteiger partial charge in [0, 0.05) is 25.9 Å². The largest absolute Gasteiger partial charge is 0.355 e. The highest BCUT2D eigenvalue weighted by Crippen LogP contribution is 2.08. The second kappa shape index (κ2) is 7.20. The number of hydrogen-bond donors (Lipinski definition) is 1. The maximum atomic E-state index is 12.3. The van der Waals surface area contributed by atoms with Crippen LogP contribution in [0.3, 0.4) is 0 Å².